The van der Waals surface area contributed by atoms with Crippen LogP contribution in [0, 0.1) is 23.7 Å². The highest BCUT2D eigenvalue weighted by Gasteiger charge is 2.52. The molecule has 12 heteroatoms. The van der Waals surface area contributed by atoms with Gasteiger partial charge in [-0.25, -0.2) is 9.59 Å². The van der Waals surface area contributed by atoms with Crippen LogP contribution >= 0.6 is 0 Å². The van der Waals surface area contributed by atoms with Gasteiger partial charge in [0.25, 0.3) is 0 Å². The number of cyclic esters (lactones) is 2. The van der Waals surface area contributed by atoms with Crippen LogP contribution in [0.3, 0.4) is 0 Å². The normalized spacial score (nSPS) is 38.8. The number of ether oxygens (including phenoxy) is 5. The molecule has 5 aliphatic rings. The average molecular weight is 537 g/mol. The molecule has 3 fully saturated rings. The molecule has 5 rings (SSSR count). The Morgan fingerprint density at radius 3 is 1.79 bits per heavy atom. The molecule has 0 saturated carbocycles. The standard InChI is InChI=1S/C26H32O12/c1-10-3-5-12-14(8-34-24(31)17(10)12)22(29)37-20-16(7-27)36-26(33)21(19(20)28)38-23(30)15-9-35-25(32)18-11(2)4-6-13(15)18/h12-16,19-21,26-28,33H,3-9H2,1-2H3/t12?,13?,14?,15?,16-,19+,20-,21-,26?/m1/s1. The summed E-state index contributed by atoms with van der Waals surface area (Å²) in [7, 11) is 0. The highest BCUT2D eigenvalue weighted by molar-refractivity contribution is 5.94. The van der Waals surface area contributed by atoms with Crippen molar-refractivity contribution in [2.75, 3.05) is 19.8 Å². The van der Waals surface area contributed by atoms with Gasteiger partial charge < -0.3 is 39.0 Å². The van der Waals surface area contributed by atoms with E-state index >= 15 is 0 Å². The fourth-order valence-electron chi connectivity index (χ4n) is 6.35. The largest absolute Gasteiger partial charge is 0.461 e. The Bertz CT molecular complexity index is 1090. The molecule has 3 heterocycles. The first kappa shape index (κ1) is 26.8. The van der Waals surface area contributed by atoms with Crippen LogP contribution in [-0.2, 0) is 42.9 Å². The van der Waals surface area contributed by atoms with E-state index in [9.17, 15) is 34.5 Å². The van der Waals surface area contributed by atoms with Crippen LogP contribution in [-0.4, -0.2) is 89.7 Å². The van der Waals surface area contributed by atoms with Crippen molar-refractivity contribution in [2.45, 2.75) is 70.2 Å². The fraction of sp³-hybridized carbons (Fsp3) is 0.692. The predicted octanol–water partition coefficient (Wildman–Crippen LogP) is -0.321. The average Bonchev–Trinajstić information content (AvgIpc) is 3.47. The summed E-state index contributed by atoms with van der Waals surface area (Å²) in [5, 5.41) is 31.3. The van der Waals surface area contributed by atoms with E-state index in [-0.39, 0.29) is 19.1 Å². The molecular weight excluding hydrogens is 504 g/mol. The molecule has 208 valence electrons. The van der Waals surface area contributed by atoms with Gasteiger partial charge in [-0.2, -0.15) is 0 Å². The van der Waals surface area contributed by atoms with E-state index in [0.717, 1.165) is 11.1 Å². The Morgan fingerprint density at radius 1 is 0.842 bits per heavy atom. The van der Waals surface area contributed by atoms with Crippen LogP contribution in [0.15, 0.2) is 22.3 Å². The second-order valence-corrected chi connectivity index (χ2v) is 10.6. The van der Waals surface area contributed by atoms with E-state index in [1.807, 2.05) is 6.92 Å². The Balaban J connectivity index is 1.29. The van der Waals surface area contributed by atoms with Gasteiger partial charge in [-0.3, -0.25) is 9.59 Å². The zero-order valence-electron chi connectivity index (χ0n) is 21.2. The second kappa shape index (κ2) is 10.4. The summed E-state index contributed by atoms with van der Waals surface area (Å²) >= 11 is 0. The number of rotatable bonds is 5. The maximum absolute atomic E-state index is 13.2. The quantitative estimate of drug-likeness (QED) is 0.309. The molecule has 0 amide bonds. The lowest BCUT2D eigenvalue weighted by atomic mass is 9.84. The summed E-state index contributed by atoms with van der Waals surface area (Å²) < 4.78 is 26.7. The minimum absolute atomic E-state index is 0.190. The first-order valence-corrected chi connectivity index (χ1v) is 12.9. The monoisotopic (exact) mass is 536 g/mol. The molecule has 5 unspecified atom stereocenters. The first-order valence-electron chi connectivity index (χ1n) is 12.9. The van der Waals surface area contributed by atoms with Gasteiger partial charge in [-0.05, 0) is 39.5 Å². The smallest absolute Gasteiger partial charge is 0.334 e. The molecular formula is C26H32O12. The van der Waals surface area contributed by atoms with Crippen molar-refractivity contribution in [2.24, 2.45) is 23.7 Å². The van der Waals surface area contributed by atoms with Crippen molar-refractivity contribution in [1.29, 1.82) is 0 Å². The molecule has 0 aromatic rings. The van der Waals surface area contributed by atoms with E-state index in [0.29, 0.717) is 36.8 Å². The van der Waals surface area contributed by atoms with Crippen LogP contribution in [0.4, 0.5) is 0 Å². The number of fused-ring (bicyclic) bond motifs is 2. The number of aliphatic hydroxyl groups excluding tert-OH is 3. The van der Waals surface area contributed by atoms with Gasteiger partial charge in [-0.15, -0.1) is 0 Å². The minimum atomic E-state index is -1.81. The molecule has 38 heavy (non-hydrogen) atoms. The fourth-order valence-corrected chi connectivity index (χ4v) is 6.35. The van der Waals surface area contributed by atoms with Gasteiger partial charge in [0.2, 0.25) is 0 Å². The zero-order chi connectivity index (χ0) is 27.3. The number of hydrogen-bond acceptors (Lipinski definition) is 12. The summed E-state index contributed by atoms with van der Waals surface area (Å²) in [4.78, 5) is 50.6. The molecule has 3 N–H and O–H groups in total. The lowest BCUT2D eigenvalue weighted by molar-refractivity contribution is -0.295. The van der Waals surface area contributed by atoms with Crippen LogP contribution in [0.5, 0.6) is 0 Å². The molecule has 0 bridgehead atoms. The number of carbonyl (C=O) groups excluding carboxylic acids is 4. The molecule has 3 aliphatic heterocycles. The van der Waals surface area contributed by atoms with Gasteiger partial charge in [0.05, 0.1) is 18.4 Å². The maximum atomic E-state index is 13.2. The molecule has 2 aliphatic carbocycles. The molecule has 12 nitrogen and oxygen atoms in total. The van der Waals surface area contributed by atoms with Crippen LogP contribution in [0.1, 0.15) is 39.5 Å². The van der Waals surface area contributed by atoms with E-state index in [1.165, 1.54) is 0 Å². The highest BCUT2D eigenvalue weighted by Crippen LogP contribution is 2.43. The van der Waals surface area contributed by atoms with Crippen molar-refractivity contribution in [3.8, 4) is 0 Å². The summed E-state index contributed by atoms with van der Waals surface area (Å²) in [5.74, 6) is -4.91. The summed E-state index contributed by atoms with van der Waals surface area (Å²) in [6.07, 6.45) is -5.53. The van der Waals surface area contributed by atoms with Gasteiger partial charge in [-0.1, -0.05) is 11.1 Å². The van der Waals surface area contributed by atoms with E-state index in [1.54, 1.807) is 6.92 Å². The minimum Gasteiger partial charge on any atom is -0.461 e. The number of allylic oxidation sites excluding steroid dienone is 2. The van der Waals surface area contributed by atoms with E-state index in [2.05, 4.69) is 0 Å². The number of hydrogen-bond donors (Lipinski definition) is 3. The second-order valence-electron chi connectivity index (χ2n) is 10.6. The summed E-state index contributed by atoms with van der Waals surface area (Å²) in [6.45, 7) is 2.52. The van der Waals surface area contributed by atoms with Crippen LogP contribution < -0.4 is 0 Å². The van der Waals surface area contributed by atoms with Gasteiger partial charge in [0.15, 0.2) is 18.5 Å². The number of aliphatic hydroxyl groups is 3. The predicted molar refractivity (Wildman–Crippen MR) is 123 cm³/mol. The Morgan fingerprint density at radius 2 is 1.32 bits per heavy atom. The lowest BCUT2D eigenvalue weighted by Gasteiger charge is -2.42. The van der Waals surface area contributed by atoms with Gasteiger partial charge in [0, 0.05) is 23.0 Å². The van der Waals surface area contributed by atoms with Crippen LogP contribution in [0.25, 0.3) is 0 Å². The van der Waals surface area contributed by atoms with Crippen LogP contribution in [0.2, 0.25) is 0 Å². The lowest BCUT2D eigenvalue weighted by Crippen LogP contribution is -2.62. The van der Waals surface area contributed by atoms with Crippen molar-refractivity contribution >= 4 is 23.9 Å². The number of esters is 4. The van der Waals surface area contributed by atoms with E-state index in [4.69, 9.17) is 23.7 Å². The molecule has 9 atom stereocenters. The third-order valence-electron chi connectivity index (χ3n) is 8.45. The van der Waals surface area contributed by atoms with Gasteiger partial charge in [0.1, 0.15) is 25.4 Å². The maximum Gasteiger partial charge on any atom is 0.334 e. The van der Waals surface area contributed by atoms with Crippen molar-refractivity contribution in [1.82, 2.24) is 0 Å². The molecule has 0 spiro atoms. The summed E-state index contributed by atoms with van der Waals surface area (Å²) in [5.41, 5.74) is 2.62. The number of carbonyl (C=O) groups is 4. The first-order chi connectivity index (χ1) is 18.1. The third-order valence-corrected chi connectivity index (χ3v) is 8.45. The zero-order valence-corrected chi connectivity index (χ0v) is 21.2. The molecule has 0 aromatic carbocycles. The molecule has 0 aromatic heterocycles. The highest BCUT2D eigenvalue weighted by atomic mass is 16.7. The molecule has 0 radical (unpaired) electrons. The SMILES string of the molecule is CC1=C2C(=O)OCC(C(=O)O[C@H]3[C@H](O)[C@@H](OC(=O)C4COC(=O)C5=C(C)CCC54)C(O)O[C@@H]3CO)C2CC1. The van der Waals surface area contributed by atoms with Crippen molar-refractivity contribution in [3.63, 3.8) is 0 Å². The van der Waals surface area contributed by atoms with Crippen molar-refractivity contribution in [3.05, 3.63) is 22.3 Å². The van der Waals surface area contributed by atoms with E-state index < -0.39 is 78.9 Å². The molecule has 3 saturated heterocycles. The topological polar surface area (TPSA) is 175 Å². The Labute approximate surface area is 218 Å². The van der Waals surface area contributed by atoms with Gasteiger partial charge >= 0.3 is 23.9 Å². The Kier molecular flexibility index (Phi) is 7.33. The third kappa shape index (κ3) is 4.53. The Hall–Kier alpha value is -2.80. The summed E-state index contributed by atoms with van der Waals surface area (Å²) in [6, 6.07) is 0. The van der Waals surface area contributed by atoms with Crippen molar-refractivity contribution < 1.29 is 58.2 Å².